The highest BCUT2D eigenvalue weighted by Gasteiger charge is 2.45. The van der Waals surface area contributed by atoms with Gasteiger partial charge in [-0.1, -0.05) is 12.1 Å². The lowest BCUT2D eigenvalue weighted by molar-refractivity contribution is 0.556. The Kier molecular flexibility index (Phi) is 1.58. The summed E-state index contributed by atoms with van der Waals surface area (Å²) >= 11 is 0. The van der Waals surface area contributed by atoms with Gasteiger partial charge in [-0.05, 0) is 30.5 Å². The van der Waals surface area contributed by atoms with Gasteiger partial charge >= 0.3 is 0 Å². The monoisotopic (exact) mass is 199 g/mol. The van der Waals surface area contributed by atoms with Crippen molar-refractivity contribution in [3.8, 4) is 0 Å². The van der Waals surface area contributed by atoms with Crippen LogP contribution in [-0.2, 0) is 10.3 Å². The third kappa shape index (κ3) is 1.14. The number of hydrogen-bond acceptors (Lipinski definition) is 3. The minimum Gasteiger partial charge on any atom is -0.464 e. The molecule has 0 aliphatic heterocycles. The van der Waals surface area contributed by atoms with Crippen molar-refractivity contribution in [3.63, 3.8) is 0 Å². The molecule has 0 unspecified atom stereocenters. The van der Waals surface area contributed by atoms with Crippen molar-refractivity contribution in [1.82, 2.24) is 0 Å². The van der Waals surface area contributed by atoms with E-state index in [1.54, 1.807) is 12.3 Å². The van der Waals surface area contributed by atoms with Crippen molar-refractivity contribution in [1.29, 1.82) is 0 Å². The summed E-state index contributed by atoms with van der Waals surface area (Å²) in [7, 11) is 0. The molecule has 1 aliphatic rings. The van der Waals surface area contributed by atoms with E-state index in [4.69, 9.17) is 4.42 Å². The van der Waals surface area contributed by atoms with Crippen LogP contribution in [0.4, 0.5) is 0 Å². The highest BCUT2D eigenvalue weighted by atomic mass is 16.3. The molecule has 1 aromatic carbocycles. The van der Waals surface area contributed by atoms with Crippen LogP contribution in [0.1, 0.15) is 18.4 Å². The zero-order valence-electron chi connectivity index (χ0n) is 8.06. The first-order chi connectivity index (χ1) is 7.36. The van der Waals surface area contributed by atoms with Crippen LogP contribution in [0.5, 0.6) is 0 Å². The number of benzene rings is 1. The van der Waals surface area contributed by atoms with Crippen molar-refractivity contribution in [2.45, 2.75) is 18.4 Å². The third-order valence-corrected chi connectivity index (χ3v) is 2.98. The summed E-state index contributed by atoms with van der Waals surface area (Å²) in [6.07, 6.45) is 5.18. The molecule has 1 fully saturated rings. The molecule has 74 valence electrons. The Hall–Kier alpha value is -1.86. The van der Waals surface area contributed by atoms with Crippen molar-refractivity contribution in [3.05, 3.63) is 36.1 Å². The molecule has 2 aromatic rings. The standard InChI is InChI=1S/C12H9NO2/c14-8-13-12(5-6-12)10-2-1-3-11-9(10)4-7-15-11/h1-4,7H,5-6H2. The van der Waals surface area contributed by atoms with Gasteiger partial charge in [-0.15, -0.1) is 0 Å². The van der Waals surface area contributed by atoms with E-state index in [-0.39, 0.29) is 5.54 Å². The van der Waals surface area contributed by atoms with Gasteiger partial charge in [-0.2, -0.15) is 4.99 Å². The lowest BCUT2D eigenvalue weighted by Gasteiger charge is -2.08. The molecule has 0 atom stereocenters. The number of carbonyl (C=O) groups excluding carboxylic acids is 1. The molecule has 0 N–H and O–H groups in total. The summed E-state index contributed by atoms with van der Waals surface area (Å²) in [5, 5.41) is 1.05. The van der Waals surface area contributed by atoms with Gasteiger partial charge in [0.15, 0.2) is 0 Å². The minimum atomic E-state index is -0.314. The summed E-state index contributed by atoms with van der Waals surface area (Å²) in [6, 6.07) is 7.78. The molecule has 3 rings (SSSR count). The van der Waals surface area contributed by atoms with E-state index in [1.807, 2.05) is 24.3 Å². The van der Waals surface area contributed by atoms with Gasteiger partial charge in [0.2, 0.25) is 6.08 Å². The lowest BCUT2D eigenvalue weighted by Crippen LogP contribution is -2.02. The zero-order chi connectivity index (χ0) is 10.3. The molecular formula is C12H9NO2. The maximum atomic E-state index is 10.4. The highest BCUT2D eigenvalue weighted by Crippen LogP contribution is 2.51. The quantitative estimate of drug-likeness (QED) is 0.551. The maximum absolute atomic E-state index is 10.4. The predicted octanol–water partition coefficient (Wildman–Crippen LogP) is 2.76. The van der Waals surface area contributed by atoms with Crippen molar-refractivity contribution in [2.75, 3.05) is 0 Å². The molecule has 1 aromatic heterocycles. The maximum Gasteiger partial charge on any atom is 0.235 e. The summed E-state index contributed by atoms with van der Waals surface area (Å²) in [4.78, 5) is 14.3. The van der Waals surface area contributed by atoms with Crippen LogP contribution in [0.15, 0.2) is 39.9 Å². The fourth-order valence-corrected chi connectivity index (χ4v) is 2.05. The van der Waals surface area contributed by atoms with E-state index in [2.05, 4.69) is 4.99 Å². The smallest absolute Gasteiger partial charge is 0.235 e. The summed E-state index contributed by atoms with van der Waals surface area (Å²) in [5.74, 6) is 0. The number of aliphatic imine (C=N–C) groups is 1. The fraction of sp³-hybridized carbons (Fsp3) is 0.250. The first-order valence-corrected chi connectivity index (χ1v) is 4.91. The topological polar surface area (TPSA) is 42.6 Å². The van der Waals surface area contributed by atoms with Gasteiger partial charge in [-0.3, -0.25) is 0 Å². The van der Waals surface area contributed by atoms with Gasteiger partial charge < -0.3 is 4.42 Å². The molecule has 0 saturated heterocycles. The van der Waals surface area contributed by atoms with Crippen LogP contribution in [0.2, 0.25) is 0 Å². The second kappa shape index (κ2) is 2.81. The molecule has 15 heavy (non-hydrogen) atoms. The van der Waals surface area contributed by atoms with Gasteiger partial charge in [-0.25, -0.2) is 4.79 Å². The average Bonchev–Trinajstić information content (AvgIpc) is 2.88. The number of isocyanates is 1. The SMILES string of the molecule is O=C=NC1(c2cccc3occc23)CC1. The first-order valence-electron chi connectivity index (χ1n) is 4.91. The molecule has 0 amide bonds. The second-order valence-corrected chi connectivity index (χ2v) is 3.87. The average molecular weight is 199 g/mol. The Bertz CT molecular complexity index is 560. The van der Waals surface area contributed by atoms with Gasteiger partial charge in [0.05, 0.1) is 11.8 Å². The Morgan fingerprint density at radius 1 is 1.33 bits per heavy atom. The molecule has 0 bridgehead atoms. The normalized spacial score (nSPS) is 17.3. The van der Waals surface area contributed by atoms with Crippen LogP contribution in [-0.4, -0.2) is 6.08 Å². The minimum absolute atomic E-state index is 0.314. The largest absolute Gasteiger partial charge is 0.464 e. The van der Waals surface area contributed by atoms with Crippen LogP contribution < -0.4 is 0 Å². The van der Waals surface area contributed by atoms with E-state index in [0.717, 1.165) is 29.4 Å². The molecule has 0 spiro atoms. The number of hydrogen-bond donors (Lipinski definition) is 0. The van der Waals surface area contributed by atoms with E-state index in [9.17, 15) is 4.79 Å². The van der Waals surface area contributed by atoms with E-state index < -0.39 is 0 Å². The summed E-state index contributed by atoms with van der Waals surface area (Å²) in [6.45, 7) is 0. The third-order valence-electron chi connectivity index (χ3n) is 2.98. The van der Waals surface area contributed by atoms with Crippen molar-refractivity contribution in [2.24, 2.45) is 4.99 Å². The van der Waals surface area contributed by atoms with Gasteiger partial charge in [0.25, 0.3) is 0 Å². The van der Waals surface area contributed by atoms with E-state index >= 15 is 0 Å². The van der Waals surface area contributed by atoms with Crippen LogP contribution in [0, 0.1) is 0 Å². The number of nitrogens with zero attached hydrogens (tertiary/aromatic N) is 1. The van der Waals surface area contributed by atoms with Crippen molar-refractivity contribution < 1.29 is 9.21 Å². The first kappa shape index (κ1) is 8.45. The predicted molar refractivity (Wildman–Crippen MR) is 55.2 cm³/mol. The Balaban J connectivity index is 2.26. The van der Waals surface area contributed by atoms with E-state index in [1.165, 1.54) is 0 Å². The fourth-order valence-electron chi connectivity index (χ4n) is 2.05. The highest BCUT2D eigenvalue weighted by molar-refractivity contribution is 5.82. The molecule has 1 heterocycles. The van der Waals surface area contributed by atoms with E-state index in [0.29, 0.717) is 0 Å². The van der Waals surface area contributed by atoms with Gasteiger partial charge in [0.1, 0.15) is 5.58 Å². The summed E-state index contributed by atoms with van der Waals surface area (Å²) < 4.78 is 5.32. The Morgan fingerprint density at radius 3 is 2.93 bits per heavy atom. The number of furan rings is 1. The van der Waals surface area contributed by atoms with Crippen molar-refractivity contribution >= 4 is 17.0 Å². The lowest BCUT2D eigenvalue weighted by atomic mass is 10.0. The Morgan fingerprint density at radius 2 is 2.20 bits per heavy atom. The number of fused-ring (bicyclic) bond motifs is 1. The molecule has 1 aliphatic carbocycles. The molecule has 1 saturated carbocycles. The zero-order valence-corrected chi connectivity index (χ0v) is 8.06. The van der Waals surface area contributed by atoms with Crippen LogP contribution in [0.25, 0.3) is 11.0 Å². The summed E-state index contributed by atoms with van der Waals surface area (Å²) in [5.41, 5.74) is 1.61. The molecule has 3 nitrogen and oxygen atoms in total. The Labute approximate surface area is 86.4 Å². The van der Waals surface area contributed by atoms with Crippen LogP contribution >= 0.6 is 0 Å². The second-order valence-electron chi connectivity index (χ2n) is 3.87. The molecule has 3 heteroatoms. The molecule has 0 radical (unpaired) electrons. The van der Waals surface area contributed by atoms with Gasteiger partial charge in [0, 0.05) is 5.39 Å². The molecular weight excluding hydrogens is 190 g/mol. The van der Waals surface area contributed by atoms with Crippen LogP contribution in [0.3, 0.4) is 0 Å². The number of rotatable bonds is 2.